The number of hydrogen-bond acceptors (Lipinski definition) is 0. The molecule has 0 N–H and O–H groups in total. The maximum atomic E-state index is 2.20. The summed E-state index contributed by atoms with van der Waals surface area (Å²) in [6, 6.07) is 37.2. The molecular weight excluding hydrogens is 414 g/mol. The van der Waals surface area contributed by atoms with Crippen molar-refractivity contribution in [2.75, 3.05) is 0 Å². The Kier molecular flexibility index (Phi) is 15.3. The molecule has 0 nitrogen and oxygen atoms in total. The molecular formula is C20H20Fe2P2. The molecule has 2 unspecified atom stereocenters. The predicted octanol–water partition coefficient (Wildman–Crippen LogP) is 5.15. The third-order valence-electron chi connectivity index (χ3n) is 2.79. The fourth-order valence-electron chi connectivity index (χ4n) is 1.70. The van der Waals surface area contributed by atoms with Crippen LogP contribution in [0.5, 0.6) is 0 Å². The van der Waals surface area contributed by atoms with E-state index in [1.54, 1.807) is 0 Å². The van der Waals surface area contributed by atoms with Crippen molar-refractivity contribution in [3.63, 3.8) is 0 Å². The summed E-state index contributed by atoms with van der Waals surface area (Å²) >= 11 is 0. The first-order chi connectivity index (χ1) is 10.9. The van der Waals surface area contributed by atoms with Crippen LogP contribution in [0.25, 0.3) is 0 Å². The molecule has 0 heterocycles. The Labute approximate surface area is 169 Å². The van der Waals surface area contributed by atoms with Gasteiger partial charge in [-0.15, -0.1) is 27.1 Å². The Morgan fingerprint density at radius 1 is 0.458 bits per heavy atom. The minimum atomic E-state index is 0. The summed E-state index contributed by atoms with van der Waals surface area (Å²) < 4.78 is 0. The van der Waals surface area contributed by atoms with Crippen molar-refractivity contribution < 1.29 is 34.1 Å². The van der Waals surface area contributed by atoms with Gasteiger partial charge in [-0.3, -0.25) is 0 Å². The standard InChI is InChI=1S/C10H10P2.2C5H5.2Fe/c1-2-6-9(5-1)11-12-10-7-3-4-8-10;2*1-2-4-5-3-1;;/h1-8,11-12H;2*1-5H;;/q-2;2*-1;2*+2. The number of hydrogen-bond donors (Lipinski definition) is 0. The topological polar surface area (TPSA) is 0 Å². The Morgan fingerprint density at radius 3 is 0.958 bits per heavy atom. The molecule has 4 heteroatoms. The van der Waals surface area contributed by atoms with Crippen molar-refractivity contribution in [3.05, 3.63) is 109 Å². The average molecular weight is 434 g/mol. The van der Waals surface area contributed by atoms with E-state index in [0.29, 0.717) is 0 Å². The largest absolute Gasteiger partial charge is 2.00 e. The maximum Gasteiger partial charge on any atom is 2.00 e. The van der Waals surface area contributed by atoms with Crippen LogP contribution < -0.4 is 10.6 Å². The summed E-state index contributed by atoms with van der Waals surface area (Å²) in [5.41, 5.74) is 0. The van der Waals surface area contributed by atoms with Gasteiger partial charge in [0.15, 0.2) is 0 Å². The van der Waals surface area contributed by atoms with Gasteiger partial charge in [-0.1, -0.05) is 0 Å². The third kappa shape index (κ3) is 11.0. The van der Waals surface area contributed by atoms with E-state index in [1.807, 2.05) is 60.7 Å². The summed E-state index contributed by atoms with van der Waals surface area (Å²) in [6.07, 6.45) is 0. The average Bonchev–Trinajstić information content (AvgIpc) is 3.41. The summed E-state index contributed by atoms with van der Waals surface area (Å²) in [5, 5.41) is 2.96. The van der Waals surface area contributed by atoms with Gasteiger partial charge < -0.3 is 0 Å². The van der Waals surface area contributed by atoms with Crippen LogP contribution >= 0.6 is 16.5 Å². The van der Waals surface area contributed by atoms with Crippen LogP contribution in [0.3, 0.4) is 0 Å². The van der Waals surface area contributed by atoms with Crippen LogP contribution in [0.1, 0.15) is 0 Å². The van der Waals surface area contributed by atoms with Gasteiger partial charge in [0.25, 0.3) is 0 Å². The third-order valence-corrected chi connectivity index (χ3v) is 6.26. The Morgan fingerprint density at radius 2 is 0.750 bits per heavy atom. The van der Waals surface area contributed by atoms with Gasteiger partial charge in [-0.2, -0.15) is 60.7 Å². The van der Waals surface area contributed by atoms with Crippen molar-refractivity contribution in [1.82, 2.24) is 0 Å². The van der Waals surface area contributed by atoms with E-state index in [0.717, 1.165) is 16.5 Å². The molecule has 0 saturated heterocycles. The smallest absolute Gasteiger partial charge is 0.214 e. The van der Waals surface area contributed by atoms with Crippen LogP contribution in [-0.2, 0) is 34.1 Å². The second-order valence-electron chi connectivity index (χ2n) is 4.52. The van der Waals surface area contributed by atoms with Gasteiger partial charge >= 0.3 is 34.1 Å². The molecule has 0 spiro atoms. The molecule has 0 aromatic heterocycles. The summed E-state index contributed by atoms with van der Waals surface area (Å²) in [6.45, 7) is 0. The molecule has 0 aliphatic rings. The van der Waals surface area contributed by atoms with Crippen LogP contribution in [0, 0.1) is 0 Å². The normalized spacial score (nSPS) is 9.50. The molecule has 4 rings (SSSR count). The quantitative estimate of drug-likeness (QED) is 0.238. The SMILES string of the molecule is [Fe+2].[Fe+2].c1cc[c-](PP[c-]2cccc2)c1.c1cc[cH-]c1.c1cc[cH-]c1. The summed E-state index contributed by atoms with van der Waals surface area (Å²) in [5.74, 6) is 0. The zero-order valence-corrected chi connectivity index (χ0v) is 17.3. The molecule has 0 bridgehead atoms. The molecule has 0 amide bonds. The molecule has 4 aromatic rings. The van der Waals surface area contributed by atoms with Crippen molar-refractivity contribution in [2.24, 2.45) is 0 Å². The van der Waals surface area contributed by atoms with Crippen LogP contribution in [0.15, 0.2) is 109 Å². The maximum absolute atomic E-state index is 2.20. The summed E-state index contributed by atoms with van der Waals surface area (Å²) in [7, 11) is 1.90. The Hall–Kier alpha value is -0.701. The van der Waals surface area contributed by atoms with Gasteiger partial charge in [0.1, 0.15) is 0 Å². The molecule has 0 fully saturated rings. The van der Waals surface area contributed by atoms with E-state index in [2.05, 4.69) is 48.5 Å². The van der Waals surface area contributed by atoms with Crippen molar-refractivity contribution in [1.29, 1.82) is 0 Å². The van der Waals surface area contributed by atoms with Gasteiger partial charge in [-0.25, -0.2) is 48.5 Å². The Bertz CT molecular complexity index is 542. The number of rotatable bonds is 3. The first-order valence-corrected chi connectivity index (χ1v) is 10.2. The van der Waals surface area contributed by atoms with Crippen molar-refractivity contribution in [2.45, 2.75) is 0 Å². The molecule has 0 aliphatic carbocycles. The monoisotopic (exact) mass is 434 g/mol. The molecule has 0 saturated carbocycles. The first kappa shape index (κ1) is 23.3. The zero-order valence-electron chi connectivity index (χ0n) is 13.1. The van der Waals surface area contributed by atoms with Crippen LogP contribution in [-0.4, -0.2) is 0 Å². The fourth-order valence-corrected chi connectivity index (χ4v) is 4.57. The van der Waals surface area contributed by atoms with Gasteiger partial charge in [0, 0.05) is 0 Å². The van der Waals surface area contributed by atoms with Crippen molar-refractivity contribution in [3.8, 4) is 0 Å². The van der Waals surface area contributed by atoms with Crippen LogP contribution in [0.2, 0.25) is 0 Å². The van der Waals surface area contributed by atoms with E-state index in [9.17, 15) is 0 Å². The summed E-state index contributed by atoms with van der Waals surface area (Å²) in [4.78, 5) is 0. The minimum absolute atomic E-state index is 0. The fraction of sp³-hybridized carbons (Fsp3) is 0. The van der Waals surface area contributed by atoms with Gasteiger partial charge in [0.05, 0.1) is 0 Å². The van der Waals surface area contributed by atoms with E-state index >= 15 is 0 Å². The zero-order chi connectivity index (χ0) is 15.3. The second kappa shape index (κ2) is 15.8. The Balaban J connectivity index is 0.000000370. The van der Waals surface area contributed by atoms with Gasteiger partial charge in [0.2, 0.25) is 0 Å². The molecule has 0 radical (unpaired) electrons. The van der Waals surface area contributed by atoms with Gasteiger partial charge in [-0.05, 0) is 0 Å². The second-order valence-corrected chi connectivity index (χ2v) is 7.68. The van der Waals surface area contributed by atoms with E-state index in [4.69, 9.17) is 0 Å². The van der Waals surface area contributed by atoms with Crippen molar-refractivity contribution >= 4 is 27.1 Å². The van der Waals surface area contributed by atoms with E-state index in [-0.39, 0.29) is 34.1 Å². The molecule has 24 heavy (non-hydrogen) atoms. The minimum Gasteiger partial charge on any atom is -0.214 e. The van der Waals surface area contributed by atoms with E-state index < -0.39 is 0 Å². The molecule has 0 aliphatic heterocycles. The van der Waals surface area contributed by atoms with Crippen LogP contribution in [0.4, 0.5) is 0 Å². The van der Waals surface area contributed by atoms with E-state index in [1.165, 1.54) is 10.6 Å². The molecule has 126 valence electrons. The molecule has 4 aromatic carbocycles. The predicted molar refractivity (Wildman–Crippen MR) is 104 cm³/mol. The molecule has 2 atom stereocenters. The first-order valence-electron chi connectivity index (χ1n) is 7.24.